The van der Waals surface area contributed by atoms with Crippen LogP contribution in [-0.4, -0.2) is 21.9 Å². The van der Waals surface area contributed by atoms with Gasteiger partial charge >= 0.3 is 0 Å². The molecule has 104 valence electrons. The van der Waals surface area contributed by atoms with Crippen molar-refractivity contribution in [3.05, 3.63) is 64.7 Å². The smallest absolute Gasteiger partial charge is 0.234 e. The molecule has 0 unspecified atom stereocenters. The summed E-state index contributed by atoms with van der Waals surface area (Å²) < 4.78 is 0.278. The normalized spacial score (nSPS) is 12.6. The van der Waals surface area contributed by atoms with Crippen LogP contribution in [0.4, 0.5) is 5.69 Å². The fourth-order valence-electron chi connectivity index (χ4n) is 2.43. The van der Waals surface area contributed by atoms with Crippen molar-refractivity contribution in [3.8, 4) is 0 Å². The summed E-state index contributed by atoms with van der Waals surface area (Å²) in [7, 11) is 0. The van der Waals surface area contributed by atoms with Crippen LogP contribution in [0.1, 0.15) is 31.8 Å². The molecule has 3 rings (SSSR count). The fourth-order valence-corrected chi connectivity index (χ4v) is 2.62. The summed E-state index contributed by atoms with van der Waals surface area (Å²) in [6, 6.07) is 11.7. The predicted molar refractivity (Wildman–Crippen MR) is 87.3 cm³/mol. The number of nitrogens with one attached hydrogen (secondary N) is 1. The Balaban J connectivity index is 2.19. The number of benzene rings is 2. The Morgan fingerprint density at radius 3 is 2.19 bits per heavy atom. The van der Waals surface area contributed by atoms with E-state index in [1.54, 1.807) is 42.5 Å². The molecule has 0 atom stereocenters. The van der Waals surface area contributed by atoms with E-state index in [-0.39, 0.29) is 27.5 Å². The van der Waals surface area contributed by atoms with Crippen LogP contribution in [-0.2, 0) is 4.79 Å². The van der Waals surface area contributed by atoms with Crippen LogP contribution in [0.2, 0.25) is 0 Å². The van der Waals surface area contributed by atoms with E-state index in [4.69, 9.17) is 0 Å². The highest BCUT2D eigenvalue weighted by molar-refractivity contribution is 14.1. The molecule has 1 amide bonds. The summed E-state index contributed by atoms with van der Waals surface area (Å²) in [5.74, 6) is -0.626. The monoisotopic (exact) mass is 391 g/mol. The van der Waals surface area contributed by atoms with E-state index in [1.165, 1.54) is 0 Å². The van der Waals surface area contributed by atoms with E-state index in [2.05, 4.69) is 5.32 Å². The Hall–Kier alpha value is -2.02. The maximum absolute atomic E-state index is 12.6. The van der Waals surface area contributed by atoms with Gasteiger partial charge in [0.1, 0.15) is 0 Å². The van der Waals surface area contributed by atoms with Crippen molar-refractivity contribution in [2.24, 2.45) is 0 Å². The van der Waals surface area contributed by atoms with Gasteiger partial charge in [-0.1, -0.05) is 59.0 Å². The van der Waals surface area contributed by atoms with Crippen molar-refractivity contribution in [1.29, 1.82) is 0 Å². The molecule has 1 N–H and O–H groups in total. The molecule has 0 heterocycles. The molecule has 4 nitrogen and oxygen atoms in total. The zero-order chi connectivity index (χ0) is 15.0. The molecular formula is C16H10INO3. The van der Waals surface area contributed by atoms with Gasteiger partial charge in [-0.3, -0.25) is 14.4 Å². The van der Waals surface area contributed by atoms with Crippen molar-refractivity contribution in [2.45, 2.75) is 0 Å². The van der Waals surface area contributed by atoms with Gasteiger partial charge in [-0.2, -0.15) is 0 Å². The lowest BCUT2D eigenvalue weighted by atomic mass is 9.83. The zero-order valence-corrected chi connectivity index (χ0v) is 13.0. The second-order valence-corrected chi connectivity index (χ2v) is 5.38. The van der Waals surface area contributed by atoms with Gasteiger partial charge in [-0.25, -0.2) is 0 Å². The second kappa shape index (κ2) is 5.40. The highest BCUT2D eigenvalue weighted by Crippen LogP contribution is 2.31. The van der Waals surface area contributed by atoms with Gasteiger partial charge in [0.15, 0.2) is 11.6 Å². The number of hydrogen-bond acceptors (Lipinski definition) is 3. The first-order chi connectivity index (χ1) is 10.1. The predicted octanol–water partition coefficient (Wildman–Crippen LogP) is 2.84. The van der Waals surface area contributed by atoms with Gasteiger partial charge in [0.05, 0.1) is 15.7 Å². The quantitative estimate of drug-likeness (QED) is 0.540. The maximum Gasteiger partial charge on any atom is 0.234 e. The van der Waals surface area contributed by atoms with Crippen molar-refractivity contribution in [1.82, 2.24) is 0 Å². The van der Waals surface area contributed by atoms with Crippen molar-refractivity contribution < 1.29 is 14.4 Å². The molecule has 0 spiro atoms. The number of anilines is 1. The highest BCUT2D eigenvalue weighted by Gasteiger charge is 2.31. The van der Waals surface area contributed by atoms with Crippen molar-refractivity contribution >= 4 is 45.8 Å². The van der Waals surface area contributed by atoms with Gasteiger partial charge in [0, 0.05) is 16.7 Å². The summed E-state index contributed by atoms with van der Waals surface area (Å²) in [5.41, 5.74) is 1.80. The third-order valence-corrected chi connectivity index (χ3v) is 4.04. The molecule has 0 radical (unpaired) electrons. The third-order valence-electron chi connectivity index (χ3n) is 3.35. The minimum absolute atomic E-state index is 0.189. The first kappa shape index (κ1) is 13.9. The number of alkyl halides is 1. The number of ketones is 2. The number of fused-ring (bicyclic) bond motifs is 2. The topological polar surface area (TPSA) is 63.2 Å². The number of carbonyl (C=O) groups excluding carboxylic acids is 3. The maximum atomic E-state index is 12.6. The van der Waals surface area contributed by atoms with Crippen LogP contribution in [0.25, 0.3) is 0 Å². The third kappa shape index (κ3) is 2.27. The van der Waals surface area contributed by atoms with Gasteiger partial charge in [0.25, 0.3) is 0 Å². The highest BCUT2D eigenvalue weighted by atomic mass is 127. The first-order valence-corrected chi connectivity index (χ1v) is 7.83. The average Bonchev–Trinajstić information content (AvgIpc) is 2.52. The largest absolute Gasteiger partial charge is 0.325 e. The van der Waals surface area contributed by atoms with E-state index < -0.39 is 0 Å². The molecular weight excluding hydrogens is 381 g/mol. The minimum Gasteiger partial charge on any atom is -0.325 e. The Kier molecular flexibility index (Phi) is 3.59. The van der Waals surface area contributed by atoms with E-state index >= 15 is 0 Å². The number of halogens is 1. The molecule has 0 aromatic heterocycles. The van der Waals surface area contributed by atoms with Crippen LogP contribution >= 0.6 is 22.6 Å². The van der Waals surface area contributed by atoms with Crippen LogP contribution in [0.3, 0.4) is 0 Å². The number of carbonyl (C=O) groups is 3. The number of hydrogen-bond donors (Lipinski definition) is 1. The van der Waals surface area contributed by atoms with Gasteiger partial charge in [-0.15, -0.1) is 0 Å². The first-order valence-electron chi connectivity index (χ1n) is 6.30. The number of rotatable bonds is 2. The lowest BCUT2D eigenvalue weighted by molar-refractivity contribution is -0.113. The Morgan fingerprint density at radius 1 is 0.905 bits per heavy atom. The molecule has 2 aromatic rings. The molecule has 1 aliphatic carbocycles. The van der Waals surface area contributed by atoms with Crippen molar-refractivity contribution in [3.63, 3.8) is 0 Å². The van der Waals surface area contributed by atoms with E-state index in [0.717, 1.165) is 0 Å². The van der Waals surface area contributed by atoms with E-state index in [0.29, 0.717) is 22.4 Å². The van der Waals surface area contributed by atoms with Crippen LogP contribution in [0.5, 0.6) is 0 Å². The minimum atomic E-state index is -0.232. The standard InChI is InChI=1S/C16H10INO3/c17-8-13(19)18-12-7-3-6-11-14(12)16(21)10-5-2-1-4-9(10)15(11)20/h1-7H,8H2,(H,18,19). The van der Waals surface area contributed by atoms with Gasteiger partial charge < -0.3 is 5.32 Å². The fraction of sp³-hybridized carbons (Fsp3) is 0.0625. The summed E-state index contributed by atoms with van der Waals surface area (Å²) in [6.45, 7) is 0. The van der Waals surface area contributed by atoms with Crippen LogP contribution < -0.4 is 5.32 Å². The van der Waals surface area contributed by atoms with E-state index in [1.807, 2.05) is 22.6 Å². The lowest BCUT2D eigenvalue weighted by Crippen LogP contribution is -2.24. The molecule has 0 saturated heterocycles. The second-order valence-electron chi connectivity index (χ2n) is 4.61. The molecule has 0 bridgehead atoms. The summed E-state index contributed by atoms with van der Waals surface area (Å²) in [5, 5.41) is 2.68. The lowest BCUT2D eigenvalue weighted by Gasteiger charge is -2.20. The Labute approximate surface area is 134 Å². The molecule has 21 heavy (non-hydrogen) atoms. The molecule has 0 saturated carbocycles. The summed E-state index contributed by atoms with van der Waals surface area (Å²) >= 11 is 1.94. The zero-order valence-electron chi connectivity index (χ0n) is 10.9. The number of amides is 1. The van der Waals surface area contributed by atoms with Crippen LogP contribution in [0, 0.1) is 0 Å². The SMILES string of the molecule is O=C(CI)Nc1cccc2c1C(=O)c1ccccc1C2=O. The molecule has 2 aromatic carbocycles. The molecule has 0 aliphatic heterocycles. The van der Waals surface area contributed by atoms with Crippen molar-refractivity contribution in [2.75, 3.05) is 9.74 Å². The summed E-state index contributed by atoms with van der Waals surface area (Å²) in [6.07, 6.45) is 0. The van der Waals surface area contributed by atoms with Gasteiger partial charge in [-0.05, 0) is 6.07 Å². The Morgan fingerprint density at radius 2 is 1.52 bits per heavy atom. The average molecular weight is 391 g/mol. The Bertz CT molecular complexity index is 783. The molecule has 5 heteroatoms. The van der Waals surface area contributed by atoms with Gasteiger partial charge in [0.2, 0.25) is 5.91 Å². The molecule has 1 aliphatic rings. The summed E-state index contributed by atoms with van der Waals surface area (Å²) in [4.78, 5) is 36.7. The van der Waals surface area contributed by atoms with E-state index in [9.17, 15) is 14.4 Å². The van der Waals surface area contributed by atoms with Crippen LogP contribution in [0.15, 0.2) is 42.5 Å². The molecule has 0 fully saturated rings.